The molecule has 3 aliphatic rings. The van der Waals surface area contributed by atoms with Crippen LogP contribution in [-0.2, 0) is 4.74 Å². The van der Waals surface area contributed by atoms with Gasteiger partial charge in [0, 0.05) is 24.7 Å². The van der Waals surface area contributed by atoms with E-state index in [9.17, 15) is 0 Å². The van der Waals surface area contributed by atoms with Crippen LogP contribution in [0.1, 0.15) is 53.4 Å². The molecular formula is C14H27NO. The Labute approximate surface area is 100 Å². The zero-order valence-corrected chi connectivity index (χ0v) is 11.5. The first-order valence-electron chi connectivity index (χ1n) is 6.86. The molecule has 0 N–H and O–H groups in total. The summed E-state index contributed by atoms with van der Waals surface area (Å²) in [5.74, 6) is 0.873. The van der Waals surface area contributed by atoms with Crippen molar-refractivity contribution < 1.29 is 4.74 Å². The Bertz CT molecular complexity index is 249. The van der Waals surface area contributed by atoms with Crippen molar-refractivity contribution in [2.24, 2.45) is 5.92 Å². The number of methoxy groups -OCH3 is 1. The van der Waals surface area contributed by atoms with Gasteiger partial charge in [-0.25, -0.2) is 0 Å². The number of hydrogen-bond acceptors (Lipinski definition) is 2. The molecule has 3 fully saturated rings. The van der Waals surface area contributed by atoms with E-state index < -0.39 is 0 Å². The van der Waals surface area contributed by atoms with E-state index in [1.165, 1.54) is 19.3 Å². The van der Waals surface area contributed by atoms with Gasteiger partial charge in [-0.05, 0) is 45.4 Å². The molecule has 2 aliphatic heterocycles. The van der Waals surface area contributed by atoms with E-state index in [2.05, 4.69) is 32.6 Å². The Morgan fingerprint density at radius 1 is 1.38 bits per heavy atom. The zero-order chi connectivity index (χ0) is 11.9. The molecule has 1 saturated carbocycles. The molecular weight excluding hydrogens is 198 g/mol. The van der Waals surface area contributed by atoms with Crippen LogP contribution in [0.25, 0.3) is 0 Å². The van der Waals surface area contributed by atoms with Crippen LogP contribution in [0, 0.1) is 5.92 Å². The molecule has 0 amide bonds. The van der Waals surface area contributed by atoms with Crippen LogP contribution in [0.4, 0.5) is 0 Å². The Balaban J connectivity index is 2.21. The highest BCUT2D eigenvalue weighted by molar-refractivity contribution is 5.15. The summed E-state index contributed by atoms with van der Waals surface area (Å²) in [7, 11) is 1.88. The fraction of sp³-hybridized carbons (Fsp3) is 1.00. The Hall–Kier alpha value is -0.0800. The molecule has 2 heteroatoms. The first-order valence-corrected chi connectivity index (χ1v) is 6.86. The van der Waals surface area contributed by atoms with Gasteiger partial charge < -0.3 is 4.74 Å². The molecule has 0 aromatic heterocycles. The van der Waals surface area contributed by atoms with Gasteiger partial charge in [-0.2, -0.15) is 0 Å². The lowest BCUT2D eigenvalue weighted by Gasteiger charge is -2.67. The van der Waals surface area contributed by atoms with Gasteiger partial charge in [0.05, 0.1) is 6.10 Å². The third-order valence-corrected chi connectivity index (χ3v) is 4.68. The molecule has 1 aliphatic carbocycles. The molecule has 0 radical (unpaired) electrons. The summed E-state index contributed by atoms with van der Waals surface area (Å²) in [6, 6.07) is 1.49. The van der Waals surface area contributed by atoms with Crippen molar-refractivity contribution in [3.63, 3.8) is 0 Å². The van der Waals surface area contributed by atoms with Crippen molar-refractivity contribution in [2.45, 2.75) is 77.1 Å². The predicted octanol–water partition coefficient (Wildman–Crippen LogP) is 3.06. The van der Waals surface area contributed by atoms with E-state index in [1.54, 1.807) is 0 Å². The number of fused-ring (bicyclic) bond motifs is 2. The van der Waals surface area contributed by atoms with E-state index in [4.69, 9.17) is 4.74 Å². The highest BCUT2D eigenvalue weighted by Crippen LogP contribution is 2.53. The third kappa shape index (κ3) is 1.62. The van der Waals surface area contributed by atoms with E-state index in [0.717, 1.165) is 18.4 Å². The first-order chi connectivity index (χ1) is 7.55. The van der Waals surface area contributed by atoms with Gasteiger partial charge in [0.25, 0.3) is 0 Å². The van der Waals surface area contributed by atoms with Crippen LogP contribution in [0.2, 0.25) is 0 Å². The summed E-state index contributed by atoms with van der Waals surface area (Å²) < 4.78 is 5.77. The number of hydrogen-bond donors (Lipinski definition) is 0. The molecule has 0 aromatic carbocycles. The average molecular weight is 225 g/mol. The van der Waals surface area contributed by atoms with Crippen molar-refractivity contribution in [1.82, 2.24) is 4.90 Å². The second-order valence-corrected chi connectivity index (χ2v) is 6.14. The van der Waals surface area contributed by atoms with Crippen LogP contribution in [0.15, 0.2) is 0 Å². The summed E-state index contributed by atoms with van der Waals surface area (Å²) in [5.41, 5.74) is 0.361. The Morgan fingerprint density at radius 3 is 2.56 bits per heavy atom. The summed E-state index contributed by atoms with van der Waals surface area (Å²) in [5, 5.41) is 0. The van der Waals surface area contributed by atoms with Crippen LogP contribution < -0.4 is 0 Å². The maximum Gasteiger partial charge on any atom is 0.0753 e. The molecule has 2 saturated heterocycles. The van der Waals surface area contributed by atoms with Crippen LogP contribution in [0.3, 0.4) is 0 Å². The van der Waals surface area contributed by atoms with Gasteiger partial charge in [-0.1, -0.05) is 13.8 Å². The van der Waals surface area contributed by atoms with Crippen LogP contribution >= 0.6 is 0 Å². The Morgan fingerprint density at radius 2 is 2.06 bits per heavy atom. The highest BCUT2D eigenvalue weighted by Gasteiger charge is 2.60. The number of piperidine rings is 1. The van der Waals surface area contributed by atoms with Crippen molar-refractivity contribution in [1.29, 1.82) is 0 Å². The second kappa shape index (κ2) is 4.30. The molecule has 4 atom stereocenters. The minimum atomic E-state index is 0.361. The van der Waals surface area contributed by atoms with Crippen molar-refractivity contribution in [3.05, 3.63) is 0 Å². The molecule has 16 heavy (non-hydrogen) atoms. The van der Waals surface area contributed by atoms with Gasteiger partial charge in [0.2, 0.25) is 0 Å². The minimum absolute atomic E-state index is 0.361. The maximum atomic E-state index is 5.77. The Kier molecular flexibility index (Phi) is 3.33. The smallest absolute Gasteiger partial charge is 0.0753 e. The predicted molar refractivity (Wildman–Crippen MR) is 67.6 cm³/mol. The molecule has 2 bridgehead atoms. The maximum absolute atomic E-state index is 5.77. The number of nitrogens with zero attached hydrogens (tertiary/aromatic N) is 1. The van der Waals surface area contributed by atoms with Crippen molar-refractivity contribution in [3.8, 4) is 0 Å². The van der Waals surface area contributed by atoms with Gasteiger partial charge in [-0.3, -0.25) is 4.90 Å². The second-order valence-electron chi connectivity index (χ2n) is 6.14. The fourth-order valence-electron chi connectivity index (χ4n) is 4.53. The molecule has 0 aromatic rings. The summed E-state index contributed by atoms with van der Waals surface area (Å²) in [6.07, 6.45) is 5.64. The van der Waals surface area contributed by atoms with Crippen LogP contribution in [0.5, 0.6) is 0 Å². The lowest BCUT2D eigenvalue weighted by Crippen LogP contribution is -2.76. The van der Waals surface area contributed by atoms with E-state index in [1.807, 2.05) is 7.11 Å². The molecule has 2 nitrogen and oxygen atoms in total. The fourth-order valence-corrected chi connectivity index (χ4v) is 4.53. The van der Waals surface area contributed by atoms with Crippen LogP contribution in [-0.4, -0.2) is 35.7 Å². The van der Waals surface area contributed by atoms with Gasteiger partial charge in [-0.15, -0.1) is 0 Å². The summed E-state index contributed by atoms with van der Waals surface area (Å²) >= 11 is 0. The van der Waals surface area contributed by atoms with Gasteiger partial charge >= 0.3 is 0 Å². The van der Waals surface area contributed by atoms with E-state index >= 15 is 0 Å². The largest absolute Gasteiger partial charge is 0.380 e. The SMILES string of the molecule is CCC(OC)C12CC(C)CC(C1)N2C(C)C. The monoisotopic (exact) mass is 225 g/mol. The molecule has 3 rings (SSSR count). The van der Waals surface area contributed by atoms with Crippen molar-refractivity contribution >= 4 is 0 Å². The molecule has 2 heterocycles. The lowest BCUT2D eigenvalue weighted by atomic mass is 9.60. The standard InChI is InChI=1S/C14H27NO/c1-6-13(16-5)14-8-11(4)7-12(9-14)15(14)10(2)3/h10-13H,6-9H2,1-5H3. The zero-order valence-electron chi connectivity index (χ0n) is 11.5. The molecule has 0 spiro atoms. The van der Waals surface area contributed by atoms with E-state index in [0.29, 0.717) is 17.7 Å². The highest BCUT2D eigenvalue weighted by atomic mass is 16.5. The lowest BCUT2D eigenvalue weighted by molar-refractivity contribution is -0.205. The topological polar surface area (TPSA) is 12.5 Å². The summed E-state index contributed by atoms with van der Waals surface area (Å²) in [4.78, 5) is 2.74. The average Bonchev–Trinajstić information content (AvgIpc) is 2.16. The molecule has 4 unspecified atom stereocenters. The molecule has 94 valence electrons. The minimum Gasteiger partial charge on any atom is -0.380 e. The third-order valence-electron chi connectivity index (χ3n) is 4.68. The normalized spacial score (nSPS) is 40.9. The van der Waals surface area contributed by atoms with E-state index in [-0.39, 0.29) is 0 Å². The van der Waals surface area contributed by atoms with Crippen molar-refractivity contribution in [2.75, 3.05) is 7.11 Å². The first kappa shape index (κ1) is 12.4. The quantitative estimate of drug-likeness (QED) is 0.729. The number of ether oxygens (including phenoxy) is 1. The summed E-state index contributed by atoms with van der Waals surface area (Å²) in [6.45, 7) is 9.33. The number of rotatable bonds is 4. The van der Waals surface area contributed by atoms with Gasteiger partial charge in [0.1, 0.15) is 0 Å². The van der Waals surface area contributed by atoms with Gasteiger partial charge in [0.15, 0.2) is 0 Å².